The summed E-state index contributed by atoms with van der Waals surface area (Å²) in [4.78, 5) is 22.3. The van der Waals surface area contributed by atoms with Crippen LogP contribution in [0.2, 0.25) is 0 Å². The van der Waals surface area contributed by atoms with E-state index in [1.165, 1.54) is 0 Å². The molecule has 0 saturated carbocycles. The molecule has 0 unspecified atom stereocenters. The fourth-order valence-electron chi connectivity index (χ4n) is 2.75. The van der Waals surface area contributed by atoms with Crippen LogP contribution in [0.15, 0.2) is 30.3 Å². The van der Waals surface area contributed by atoms with Crippen molar-refractivity contribution in [1.29, 1.82) is 0 Å². The van der Waals surface area contributed by atoms with E-state index in [1.54, 1.807) is 38.1 Å². The number of phenolic OH excluding ortho intramolecular Hbond substituents is 1. The normalized spacial score (nSPS) is 10.4. The van der Waals surface area contributed by atoms with Crippen molar-refractivity contribution in [2.24, 2.45) is 0 Å². The fourth-order valence-corrected chi connectivity index (χ4v) is 2.75. The van der Waals surface area contributed by atoms with Gasteiger partial charge in [-0.1, -0.05) is 13.0 Å². The van der Waals surface area contributed by atoms with Gasteiger partial charge < -0.3 is 19.3 Å². The number of benzene rings is 2. The number of Topliss-reactive ketones (excluding diaryl/α,β-unsaturated/α-hetero) is 1. The Morgan fingerprint density at radius 2 is 1.57 bits per heavy atom. The van der Waals surface area contributed by atoms with Crippen molar-refractivity contribution in [3.05, 3.63) is 47.0 Å². The number of rotatable bonds is 11. The van der Waals surface area contributed by atoms with Gasteiger partial charge in [0.1, 0.15) is 23.0 Å². The highest BCUT2D eigenvalue weighted by atomic mass is 16.5. The van der Waals surface area contributed by atoms with Crippen molar-refractivity contribution in [2.45, 2.75) is 40.0 Å². The Morgan fingerprint density at radius 1 is 0.964 bits per heavy atom. The zero-order chi connectivity index (χ0) is 20.5. The van der Waals surface area contributed by atoms with Crippen LogP contribution in [0, 0.1) is 13.8 Å². The number of aromatic hydroxyl groups is 1. The van der Waals surface area contributed by atoms with Crippen LogP contribution in [-0.4, -0.2) is 30.6 Å². The van der Waals surface area contributed by atoms with Gasteiger partial charge in [-0.3, -0.25) is 9.59 Å². The Bertz CT molecular complexity index is 828. The third kappa shape index (κ3) is 5.25. The maximum atomic E-state index is 11.8. The van der Waals surface area contributed by atoms with Crippen LogP contribution in [0.25, 0.3) is 0 Å². The SMILES string of the molecule is CCC(=O)c1ccc(OCCCCOc2cccc(OC=O)c2C)c(C)c1O. The molecule has 1 N–H and O–H groups in total. The summed E-state index contributed by atoms with van der Waals surface area (Å²) in [7, 11) is 0. The molecule has 6 heteroatoms. The van der Waals surface area contributed by atoms with Crippen LogP contribution in [0.5, 0.6) is 23.0 Å². The van der Waals surface area contributed by atoms with Crippen LogP contribution in [-0.2, 0) is 4.79 Å². The highest BCUT2D eigenvalue weighted by Gasteiger charge is 2.14. The Balaban J connectivity index is 1.80. The van der Waals surface area contributed by atoms with E-state index in [2.05, 4.69) is 0 Å². The van der Waals surface area contributed by atoms with E-state index in [0.717, 1.165) is 18.4 Å². The molecule has 0 aliphatic carbocycles. The highest BCUT2D eigenvalue weighted by molar-refractivity contribution is 5.99. The quantitative estimate of drug-likeness (QED) is 0.351. The van der Waals surface area contributed by atoms with Crippen LogP contribution in [0.4, 0.5) is 0 Å². The second-order valence-corrected chi connectivity index (χ2v) is 6.36. The molecule has 0 atom stereocenters. The standard InChI is InChI=1S/C22H26O6/c1-4-18(24)17-10-11-21(16(3)22(17)25)27-13-6-5-12-26-19-8-7-9-20(15(19)2)28-14-23/h7-11,14,25H,4-6,12-13H2,1-3H3. The molecule has 0 spiro atoms. The number of phenols is 1. The maximum Gasteiger partial charge on any atom is 0.298 e. The van der Waals surface area contributed by atoms with Gasteiger partial charge in [0.15, 0.2) is 5.78 Å². The smallest absolute Gasteiger partial charge is 0.298 e. The van der Waals surface area contributed by atoms with Crippen molar-refractivity contribution < 1.29 is 28.9 Å². The predicted molar refractivity (Wildman–Crippen MR) is 106 cm³/mol. The Morgan fingerprint density at radius 3 is 2.18 bits per heavy atom. The number of carbonyl (C=O) groups excluding carboxylic acids is 2. The van der Waals surface area contributed by atoms with E-state index < -0.39 is 0 Å². The van der Waals surface area contributed by atoms with E-state index in [9.17, 15) is 14.7 Å². The summed E-state index contributed by atoms with van der Waals surface area (Å²) < 4.78 is 16.4. The van der Waals surface area contributed by atoms with E-state index in [-0.39, 0.29) is 11.5 Å². The zero-order valence-electron chi connectivity index (χ0n) is 16.5. The average molecular weight is 386 g/mol. The number of hydrogen-bond acceptors (Lipinski definition) is 6. The van der Waals surface area contributed by atoms with Crippen LogP contribution in [0.1, 0.15) is 47.7 Å². The summed E-state index contributed by atoms with van der Waals surface area (Å²) >= 11 is 0. The summed E-state index contributed by atoms with van der Waals surface area (Å²) in [6.45, 7) is 6.70. The van der Waals surface area contributed by atoms with Crippen LogP contribution in [0.3, 0.4) is 0 Å². The lowest BCUT2D eigenvalue weighted by atomic mass is 10.0. The third-order valence-electron chi connectivity index (χ3n) is 4.47. The van der Waals surface area contributed by atoms with Gasteiger partial charge in [-0.15, -0.1) is 0 Å². The van der Waals surface area contributed by atoms with Gasteiger partial charge in [-0.05, 0) is 51.0 Å². The summed E-state index contributed by atoms with van der Waals surface area (Å²) in [5, 5.41) is 10.2. The molecule has 0 saturated heterocycles. The average Bonchev–Trinajstić information content (AvgIpc) is 2.69. The fraction of sp³-hybridized carbons (Fsp3) is 0.364. The number of hydrogen-bond donors (Lipinski definition) is 1. The van der Waals surface area contributed by atoms with Crippen LogP contribution < -0.4 is 14.2 Å². The van der Waals surface area contributed by atoms with Crippen molar-refractivity contribution in [2.75, 3.05) is 13.2 Å². The zero-order valence-corrected chi connectivity index (χ0v) is 16.5. The van der Waals surface area contributed by atoms with Gasteiger partial charge in [0.2, 0.25) is 0 Å². The lowest BCUT2D eigenvalue weighted by molar-refractivity contribution is -0.120. The monoisotopic (exact) mass is 386 g/mol. The summed E-state index contributed by atoms with van der Waals surface area (Å²) in [5.41, 5.74) is 1.67. The van der Waals surface area contributed by atoms with E-state index in [4.69, 9.17) is 14.2 Å². The molecule has 0 radical (unpaired) electrons. The molecule has 0 aromatic heterocycles. The van der Waals surface area contributed by atoms with Crippen molar-refractivity contribution in [3.8, 4) is 23.0 Å². The summed E-state index contributed by atoms with van der Waals surface area (Å²) in [5.74, 6) is 1.62. The first-order valence-corrected chi connectivity index (χ1v) is 9.30. The van der Waals surface area contributed by atoms with Gasteiger partial charge in [0.25, 0.3) is 6.47 Å². The molecule has 0 fully saturated rings. The van der Waals surface area contributed by atoms with Gasteiger partial charge in [-0.2, -0.15) is 0 Å². The molecular formula is C22H26O6. The van der Waals surface area contributed by atoms with Crippen molar-refractivity contribution in [3.63, 3.8) is 0 Å². The Hall–Kier alpha value is -3.02. The first-order chi connectivity index (χ1) is 13.5. The molecular weight excluding hydrogens is 360 g/mol. The van der Waals surface area contributed by atoms with Crippen LogP contribution >= 0.6 is 0 Å². The molecule has 0 amide bonds. The molecule has 2 aromatic rings. The lowest BCUT2D eigenvalue weighted by Gasteiger charge is -2.13. The molecule has 0 aliphatic heterocycles. The van der Waals surface area contributed by atoms with E-state index in [0.29, 0.717) is 54.5 Å². The Kier molecular flexibility index (Phi) is 7.87. The first kappa shape index (κ1) is 21.3. The number of carbonyl (C=O) groups is 2. The predicted octanol–water partition coefficient (Wildman–Crippen LogP) is 4.37. The second-order valence-electron chi connectivity index (χ2n) is 6.36. The molecule has 6 nitrogen and oxygen atoms in total. The molecule has 2 rings (SSSR count). The molecule has 150 valence electrons. The topological polar surface area (TPSA) is 82.1 Å². The lowest BCUT2D eigenvalue weighted by Crippen LogP contribution is -2.05. The summed E-state index contributed by atoms with van der Waals surface area (Å²) in [6.07, 6.45) is 1.88. The number of unbranched alkanes of at least 4 members (excludes halogenated alkanes) is 1. The number of ketones is 1. The van der Waals surface area contributed by atoms with E-state index in [1.807, 2.05) is 13.0 Å². The maximum absolute atomic E-state index is 11.8. The minimum Gasteiger partial charge on any atom is -0.507 e. The van der Waals surface area contributed by atoms with Crippen molar-refractivity contribution >= 4 is 12.3 Å². The molecule has 2 aromatic carbocycles. The van der Waals surface area contributed by atoms with Gasteiger partial charge in [0, 0.05) is 17.5 Å². The highest BCUT2D eigenvalue weighted by Crippen LogP contribution is 2.31. The second kappa shape index (κ2) is 10.3. The minimum absolute atomic E-state index is 0.0133. The first-order valence-electron chi connectivity index (χ1n) is 9.30. The molecule has 0 heterocycles. The van der Waals surface area contributed by atoms with Gasteiger partial charge >= 0.3 is 0 Å². The molecule has 28 heavy (non-hydrogen) atoms. The molecule has 0 bridgehead atoms. The summed E-state index contributed by atoms with van der Waals surface area (Å²) in [6, 6.07) is 8.63. The minimum atomic E-state index is -0.0952. The third-order valence-corrected chi connectivity index (χ3v) is 4.47. The largest absolute Gasteiger partial charge is 0.507 e. The molecule has 0 aliphatic rings. The van der Waals surface area contributed by atoms with E-state index >= 15 is 0 Å². The van der Waals surface area contributed by atoms with Gasteiger partial charge in [-0.25, -0.2) is 0 Å². The van der Waals surface area contributed by atoms with Gasteiger partial charge in [0.05, 0.1) is 18.8 Å². The van der Waals surface area contributed by atoms with Crippen molar-refractivity contribution in [1.82, 2.24) is 0 Å². The Labute approximate surface area is 165 Å². The number of ether oxygens (including phenoxy) is 3.